The van der Waals surface area contributed by atoms with Crippen LogP contribution < -0.4 is 5.32 Å². The van der Waals surface area contributed by atoms with E-state index in [-0.39, 0.29) is 10.8 Å². The molecule has 2 aromatic heterocycles. The summed E-state index contributed by atoms with van der Waals surface area (Å²) in [5.74, 6) is -1.37. The van der Waals surface area contributed by atoms with Crippen molar-refractivity contribution >= 4 is 44.1 Å². The monoisotopic (exact) mass is 315 g/mol. The Morgan fingerprint density at radius 3 is 2.65 bits per heavy atom. The summed E-state index contributed by atoms with van der Waals surface area (Å²) >= 11 is 4.09. The van der Waals surface area contributed by atoms with Crippen molar-refractivity contribution in [2.75, 3.05) is 5.32 Å². The summed E-state index contributed by atoms with van der Waals surface area (Å²) in [5, 5.41) is 11.8. The first kappa shape index (κ1) is 11.9. The van der Waals surface area contributed by atoms with Crippen LogP contribution in [0.1, 0.15) is 20.0 Å². The number of nitrogens with one attached hydrogen (secondary N) is 1. The Hall–Kier alpha value is -1.60. The molecule has 88 valence electrons. The number of furan rings is 1. The SMILES string of the molecule is O=C(O)c1ccc(NC(=O)c2ccoc2Br)s1. The maximum absolute atomic E-state index is 11.7. The maximum Gasteiger partial charge on any atom is 0.345 e. The predicted octanol–water partition coefficient (Wildman–Crippen LogP) is 3.05. The molecule has 2 heterocycles. The van der Waals surface area contributed by atoms with Gasteiger partial charge in [-0.15, -0.1) is 11.3 Å². The highest BCUT2D eigenvalue weighted by molar-refractivity contribution is 9.10. The van der Waals surface area contributed by atoms with E-state index in [9.17, 15) is 9.59 Å². The number of carbonyl (C=O) groups excluding carboxylic acids is 1. The van der Waals surface area contributed by atoms with Gasteiger partial charge in [-0.25, -0.2) is 4.79 Å². The van der Waals surface area contributed by atoms with Gasteiger partial charge in [-0.1, -0.05) is 0 Å². The summed E-state index contributed by atoms with van der Waals surface area (Å²) in [6.45, 7) is 0. The van der Waals surface area contributed by atoms with Crippen molar-refractivity contribution in [1.82, 2.24) is 0 Å². The summed E-state index contributed by atoms with van der Waals surface area (Å²) in [7, 11) is 0. The molecule has 0 aliphatic carbocycles. The fourth-order valence-corrected chi connectivity index (χ4v) is 2.32. The van der Waals surface area contributed by atoms with Crippen LogP contribution in [0.4, 0.5) is 5.00 Å². The molecule has 0 saturated heterocycles. The molecule has 17 heavy (non-hydrogen) atoms. The fourth-order valence-electron chi connectivity index (χ4n) is 1.15. The molecular formula is C10H6BrNO4S. The number of amides is 1. The quantitative estimate of drug-likeness (QED) is 0.912. The zero-order valence-corrected chi connectivity index (χ0v) is 10.7. The Kier molecular flexibility index (Phi) is 3.30. The Morgan fingerprint density at radius 1 is 1.35 bits per heavy atom. The molecule has 0 unspecified atom stereocenters. The number of carboxylic acids is 1. The van der Waals surface area contributed by atoms with Crippen molar-refractivity contribution in [3.05, 3.63) is 39.6 Å². The van der Waals surface area contributed by atoms with Gasteiger partial charge in [-0.3, -0.25) is 4.79 Å². The van der Waals surface area contributed by atoms with Gasteiger partial charge < -0.3 is 14.8 Å². The van der Waals surface area contributed by atoms with E-state index in [2.05, 4.69) is 21.2 Å². The van der Waals surface area contributed by atoms with Crippen LogP contribution in [0.3, 0.4) is 0 Å². The molecule has 2 rings (SSSR count). The highest BCUT2D eigenvalue weighted by Gasteiger charge is 2.14. The van der Waals surface area contributed by atoms with E-state index in [1.807, 2.05) is 0 Å². The van der Waals surface area contributed by atoms with E-state index in [0.717, 1.165) is 11.3 Å². The van der Waals surface area contributed by atoms with Crippen LogP contribution in [0, 0.1) is 0 Å². The second kappa shape index (κ2) is 4.72. The molecule has 0 aliphatic heterocycles. The van der Waals surface area contributed by atoms with Gasteiger partial charge in [0.1, 0.15) is 4.88 Å². The molecule has 0 atom stereocenters. The lowest BCUT2D eigenvalue weighted by atomic mass is 10.3. The molecule has 2 N–H and O–H groups in total. The summed E-state index contributed by atoms with van der Waals surface area (Å²) in [5.41, 5.74) is 0.357. The molecule has 0 aliphatic rings. The summed E-state index contributed by atoms with van der Waals surface area (Å²) in [6, 6.07) is 4.50. The van der Waals surface area contributed by atoms with Crippen LogP contribution in [-0.2, 0) is 0 Å². The van der Waals surface area contributed by atoms with Gasteiger partial charge in [-0.05, 0) is 34.1 Å². The van der Waals surface area contributed by atoms with E-state index in [1.165, 1.54) is 18.4 Å². The van der Waals surface area contributed by atoms with Gasteiger partial charge in [0, 0.05) is 0 Å². The van der Waals surface area contributed by atoms with Crippen LogP contribution >= 0.6 is 27.3 Å². The molecule has 1 amide bonds. The Morgan fingerprint density at radius 2 is 2.12 bits per heavy atom. The van der Waals surface area contributed by atoms with Crippen molar-refractivity contribution in [2.45, 2.75) is 0 Å². The molecular weight excluding hydrogens is 310 g/mol. The molecule has 0 fully saturated rings. The number of hydrogen-bond donors (Lipinski definition) is 2. The molecule has 0 bridgehead atoms. The highest BCUT2D eigenvalue weighted by Crippen LogP contribution is 2.24. The van der Waals surface area contributed by atoms with Gasteiger partial charge >= 0.3 is 5.97 Å². The van der Waals surface area contributed by atoms with Gasteiger partial charge in [0.15, 0.2) is 4.67 Å². The van der Waals surface area contributed by atoms with Crippen molar-refractivity contribution in [1.29, 1.82) is 0 Å². The molecule has 0 aromatic carbocycles. The fraction of sp³-hybridized carbons (Fsp3) is 0. The van der Waals surface area contributed by atoms with Crippen molar-refractivity contribution in [2.24, 2.45) is 0 Å². The van der Waals surface area contributed by atoms with Crippen LogP contribution in [0.5, 0.6) is 0 Å². The molecule has 5 nitrogen and oxygen atoms in total. The molecule has 0 radical (unpaired) electrons. The van der Waals surface area contributed by atoms with Gasteiger partial charge in [0.05, 0.1) is 16.8 Å². The van der Waals surface area contributed by atoms with Crippen LogP contribution in [0.15, 0.2) is 33.5 Å². The third kappa shape index (κ3) is 2.56. The van der Waals surface area contributed by atoms with Crippen molar-refractivity contribution in [3.8, 4) is 0 Å². The third-order valence-corrected chi connectivity index (χ3v) is 3.52. The zero-order valence-electron chi connectivity index (χ0n) is 8.27. The number of hydrogen-bond acceptors (Lipinski definition) is 4. The van der Waals surface area contributed by atoms with E-state index >= 15 is 0 Å². The molecule has 2 aromatic rings. The minimum atomic E-state index is -1.01. The lowest BCUT2D eigenvalue weighted by Gasteiger charge is -1.99. The molecule has 0 spiro atoms. The maximum atomic E-state index is 11.7. The highest BCUT2D eigenvalue weighted by atomic mass is 79.9. The van der Waals surface area contributed by atoms with Gasteiger partial charge in [-0.2, -0.15) is 0 Å². The number of thiophene rings is 1. The average molecular weight is 316 g/mol. The number of halogens is 1. The lowest BCUT2D eigenvalue weighted by molar-refractivity contribution is 0.0702. The summed E-state index contributed by atoms with van der Waals surface area (Å²) in [4.78, 5) is 22.6. The number of anilines is 1. The number of rotatable bonds is 3. The van der Waals surface area contributed by atoms with Crippen LogP contribution in [-0.4, -0.2) is 17.0 Å². The minimum Gasteiger partial charge on any atom is -0.477 e. The number of carbonyl (C=O) groups is 2. The van der Waals surface area contributed by atoms with Gasteiger partial charge in [0.2, 0.25) is 0 Å². The zero-order chi connectivity index (χ0) is 12.4. The second-order valence-electron chi connectivity index (χ2n) is 3.03. The average Bonchev–Trinajstić information content (AvgIpc) is 2.86. The van der Waals surface area contributed by atoms with Crippen LogP contribution in [0.2, 0.25) is 0 Å². The Labute approximate surface area is 108 Å². The van der Waals surface area contributed by atoms with Crippen LogP contribution in [0.25, 0.3) is 0 Å². The van der Waals surface area contributed by atoms with E-state index in [1.54, 1.807) is 6.07 Å². The van der Waals surface area contributed by atoms with Crippen molar-refractivity contribution in [3.63, 3.8) is 0 Å². The molecule has 0 saturated carbocycles. The predicted molar refractivity (Wildman–Crippen MR) is 65.6 cm³/mol. The normalized spacial score (nSPS) is 10.2. The first-order valence-corrected chi connectivity index (χ1v) is 6.06. The number of carboxylic acid groups (broad SMARTS) is 1. The largest absolute Gasteiger partial charge is 0.477 e. The Balaban J connectivity index is 2.13. The topological polar surface area (TPSA) is 79.5 Å². The number of aromatic carboxylic acids is 1. The smallest absolute Gasteiger partial charge is 0.345 e. The standard InChI is InChI=1S/C10H6BrNO4S/c11-8-5(3-4-16-8)9(13)12-7-2-1-6(17-7)10(14)15/h1-4H,(H,12,13)(H,14,15). The Bertz CT molecular complexity index is 574. The summed E-state index contributed by atoms with van der Waals surface area (Å²) in [6.07, 6.45) is 1.39. The third-order valence-electron chi connectivity index (χ3n) is 1.92. The first-order valence-electron chi connectivity index (χ1n) is 4.45. The van der Waals surface area contributed by atoms with Gasteiger partial charge in [0.25, 0.3) is 5.91 Å². The molecule has 7 heteroatoms. The lowest BCUT2D eigenvalue weighted by Crippen LogP contribution is -2.10. The summed E-state index contributed by atoms with van der Waals surface area (Å²) < 4.78 is 5.27. The van der Waals surface area contributed by atoms with E-state index < -0.39 is 5.97 Å². The first-order chi connectivity index (χ1) is 8.08. The minimum absolute atomic E-state index is 0.173. The van der Waals surface area contributed by atoms with E-state index in [4.69, 9.17) is 9.52 Å². The van der Waals surface area contributed by atoms with E-state index in [0.29, 0.717) is 15.2 Å². The van der Waals surface area contributed by atoms with Crippen molar-refractivity contribution < 1.29 is 19.1 Å². The second-order valence-corrected chi connectivity index (χ2v) is 4.84.